The maximum absolute atomic E-state index is 14.4. The summed E-state index contributed by atoms with van der Waals surface area (Å²) in [5.74, 6) is -4.94. The molecule has 3 fully saturated rings. The molecule has 3 aliphatic rings. The fourth-order valence-corrected chi connectivity index (χ4v) is 13.0. The Morgan fingerprint density at radius 3 is 1.17 bits per heavy atom. The predicted octanol–water partition coefficient (Wildman–Crippen LogP) is 4.07. The van der Waals surface area contributed by atoms with Gasteiger partial charge in [-0.15, -0.1) is 0 Å². The smallest absolute Gasteiger partial charge is 0.307 e. The molecule has 0 aliphatic carbocycles. The number of nitrogens with zero attached hydrogens (tertiary/aromatic N) is 2. The molecule has 0 bridgehead atoms. The summed E-state index contributed by atoms with van der Waals surface area (Å²) in [6.07, 6.45) is -1.35. The number of carbonyl (C=O) groups is 12. The van der Waals surface area contributed by atoms with Crippen LogP contribution in [0.2, 0.25) is 0 Å². The van der Waals surface area contributed by atoms with Gasteiger partial charge >= 0.3 is 23.9 Å². The Hall–Kier alpha value is -5.73. The molecule has 3 rings (SSSR count). The number of hydrogen-bond donors (Lipinski definition) is 6. The van der Waals surface area contributed by atoms with Crippen molar-refractivity contribution in [2.24, 2.45) is 35.5 Å². The minimum absolute atomic E-state index is 0.0115. The quantitative estimate of drug-likeness (QED) is 0.0164. The number of unbranched alkanes of at least 4 members (excludes halogenated alkanes) is 3. The van der Waals surface area contributed by atoms with Gasteiger partial charge in [0.1, 0.15) is 19.8 Å². The Balaban J connectivity index is 1.72. The summed E-state index contributed by atoms with van der Waals surface area (Å²) in [4.78, 5) is 155. The van der Waals surface area contributed by atoms with Crippen molar-refractivity contribution in [2.75, 3.05) is 78.9 Å². The van der Waals surface area contributed by atoms with E-state index in [-0.39, 0.29) is 195 Å². The molecule has 0 radical (unpaired) electrons. The molecule has 101 heavy (non-hydrogen) atoms. The number of nitrogens with one attached hydrogen (secondary N) is 6. The van der Waals surface area contributed by atoms with Crippen LogP contribution in [0.25, 0.3) is 0 Å². The highest BCUT2D eigenvalue weighted by atomic mass is 32.9. The standard InChI is InChI=1S/C68H116N8O22PS2/c1-14-53(95-61(87)28-27-59(85)74-101(99)100)65(88)76(32-22-30-70-58(84)25-16-19-36-90-67-63(72-48(9)78)45(6)42(3)55(97-67)39-93-51(12)81)34-23-33-75(60(86)26-17-20-37-91-68-64(73-49(10)79)46(7)43(4)56(98-68)40-94-52(13)82)31-21-29-69-57(83)24-15-18-35-89-66-62(71-47(8)77)44(5)41(2)54(96-66)38-92-50(11)80/h41-46,53-56,62-64,66-68,99H,14-40H2,1-13H3,(H,69,83)(H,70,84)(H,71,77)(H,72,78)(H,73,79)(H,74,85,100)/q-1. The Bertz CT molecular complexity index is 2740. The Morgan fingerprint density at radius 2 is 0.812 bits per heavy atom. The van der Waals surface area contributed by atoms with Crippen molar-refractivity contribution in [2.45, 2.75) is 248 Å². The highest BCUT2D eigenvalue weighted by Crippen LogP contribution is 2.35. The molecule has 3 heterocycles. The lowest BCUT2D eigenvalue weighted by molar-refractivity contribution is -0.244. The van der Waals surface area contributed by atoms with Crippen molar-refractivity contribution < 1.29 is 105 Å². The lowest BCUT2D eigenvalue weighted by Crippen LogP contribution is -2.58. The summed E-state index contributed by atoms with van der Waals surface area (Å²) in [6, 6.07) is -1.40. The molecule has 0 saturated carbocycles. The van der Waals surface area contributed by atoms with Crippen LogP contribution >= 0.6 is 8.02 Å². The molecule has 0 spiro atoms. The van der Waals surface area contributed by atoms with Crippen molar-refractivity contribution in [3.05, 3.63) is 0 Å². The van der Waals surface area contributed by atoms with Crippen LogP contribution in [0, 0.1) is 35.5 Å². The maximum atomic E-state index is 14.4. The van der Waals surface area contributed by atoms with Gasteiger partial charge in [0.15, 0.2) is 25.0 Å². The van der Waals surface area contributed by atoms with Crippen LogP contribution in [-0.4, -0.2) is 221 Å². The fraction of sp³-hybridized carbons (Fsp3) is 0.824. The van der Waals surface area contributed by atoms with Gasteiger partial charge in [-0.2, -0.15) is 0 Å². The van der Waals surface area contributed by atoms with Crippen LogP contribution in [0.1, 0.15) is 186 Å². The molecule has 33 heteroatoms. The highest BCUT2D eigenvalue weighted by molar-refractivity contribution is 8.38. The first-order chi connectivity index (χ1) is 47.8. The van der Waals surface area contributed by atoms with E-state index in [0.717, 1.165) is 0 Å². The minimum atomic E-state index is -1.21. The Labute approximate surface area is 604 Å². The minimum Gasteiger partial charge on any atom is -0.463 e. The lowest BCUT2D eigenvalue weighted by Gasteiger charge is -2.44. The van der Waals surface area contributed by atoms with Crippen LogP contribution in [-0.2, 0) is 125 Å². The van der Waals surface area contributed by atoms with Crippen LogP contribution in [0.5, 0.6) is 0 Å². The first kappa shape index (κ1) is 89.5. The van der Waals surface area contributed by atoms with E-state index in [1.54, 1.807) is 11.8 Å². The van der Waals surface area contributed by atoms with E-state index in [1.807, 2.05) is 41.5 Å². The maximum Gasteiger partial charge on any atom is 0.307 e. The molecule has 578 valence electrons. The molecule has 16 atom stereocenters. The third-order valence-electron chi connectivity index (χ3n) is 18.5. The third-order valence-corrected chi connectivity index (χ3v) is 19.5. The average Bonchev–Trinajstić information content (AvgIpc) is 0.821. The molecule has 16 unspecified atom stereocenters. The first-order valence-corrected chi connectivity index (χ1v) is 39.0. The van der Waals surface area contributed by atoms with E-state index >= 15 is 0 Å². The average molecular weight is 1490 g/mol. The SMILES string of the molecule is CCC(OC(=O)CCC(=O)N[S-](=P)=S)C(=O)N(CCCNC(=O)CCCCOC1OC(COC(C)=O)C(C)C(C)C1NC(C)=O)CCCN(CCCNC(=O)CCCCOC1OC(COC(C)=O)C(C)C(C)C1NC(C)=O)C(=O)CCCCOC1OC(COC(C)=O)C(C)C(C)C1NC(C)=O. The largest absolute Gasteiger partial charge is 0.463 e. The van der Waals surface area contributed by atoms with Gasteiger partial charge in [0, 0.05) is 126 Å². The van der Waals surface area contributed by atoms with E-state index in [9.17, 15) is 57.5 Å². The number of esters is 4. The second-order valence-electron chi connectivity index (χ2n) is 26.5. The van der Waals surface area contributed by atoms with Crippen molar-refractivity contribution >= 4 is 99.2 Å². The molecule has 3 aliphatic heterocycles. The van der Waals surface area contributed by atoms with Gasteiger partial charge in [0.2, 0.25) is 41.4 Å². The van der Waals surface area contributed by atoms with Gasteiger partial charge in [-0.05, 0) is 99.7 Å². The van der Waals surface area contributed by atoms with Gasteiger partial charge in [-0.1, -0.05) is 48.5 Å². The number of ether oxygens (including phenoxy) is 10. The molecule has 0 aromatic rings. The molecule has 0 aromatic carbocycles. The van der Waals surface area contributed by atoms with Gasteiger partial charge in [0.05, 0.1) is 42.9 Å². The molecule has 30 nitrogen and oxygen atoms in total. The van der Waals surface area contributed by atoms with Crippen molar-refractivity contribution in [3.63, 3.8) is 0 Å². The summed E-state index contributed by atoms with van der Waals surface area (Å²) >= 11 is 4.97. The summed E-state index contributed by atoms with van der Waals surface area (Å²) < 4.78 is 61.0. The van der Waals surface area contributed by atoms with E-state index < -0.39 is 106 Å². The highest BCUT2D eigenvalue weighted by Gasteiger charge is 2.46. The molecular formula is C68H116N8O22PS2-. The molecule has 6 N–H and O–H groups in total. The van der Waals surface area contributed by atoms with E-state index in [2.05, 4.69) is 39.3 Å². The van der Waals surface area contributed by atoms with E-state index in [1.165, 1.54) is 46.4 Å². The summed E-state index contributed by atoms with van der Waals surface area (Å²) in [6.45, 7) is 23.4. The molecule has 8 amide bonds. The number of hydrogen-bond acceptors (Lipinski definition) is 24. The topological polar surface area (TPSA) is 376 Å². The van der Waals surface area contributed by atoms with Crippen molar-refractivity contribution in [1.29, 1.82) is 0 Å². The summed E-state index contributed by atoms with van der Waals surface area (Å²) in [5, 5.41) is 14.7. The number of rotatable bonds is 46. The van der Waals surface area contributed by atoms with Crippen LogP contribution < -0.4 is 31.3 Å². The van der Waals surface area contributed by atoms with Gasteiger partial charge in [-0.3, -0.25) is 74.4 Å². The zero-order chi connectivity index (χ0) is 75.3. The molecule has 0 aromatic heterocycles. The summed E-state index contributed by atoms with van der Waals surface area (Å²) in [5.41, 5.74) is 0. The van der Waals surface area contributed by atoms with Crippen molar-refractivity contribution in [3.8, 4) is 0 Å². The monoisotopic (exact) mass is 1490 g/mol. The van der Waals surface area contributed by atoms with E-state index in [0.29, 0.717) is 51.4 Å². The second-order valence-corrected chi connectivity index (χ2v) is 30.4. The first-order valence-electron chi connectivity index (χ1n) is 35.6. The van der Waals surface area contributed by atoms with Gasteiger partial charge in [0.25, 0.3) is 5.91 Å². The van der Waals surface area contributed by atoms with E-state index in [4.69, 9.17) is 58.6 Å². The fourth-order valence-electron chi connectivity index (χ4n) is 12.1. The number of carbonyl (C=O) groups excluding carboxylic acids is 12. The molecular weight excluding hydrogens is 1380 g/mol. The normalized spacial score (nSPS) is 25.1. The lowest BCUT2D eigenvalue weighted by atomic mass is 9.82. The Morgan fingerprint density at radius 1 is 0.455 bits per heavy atom. The second kappa shape index (κ2) is 48.3. The zero-order valence-electron chi connectivity index (χ0n) is 61.5. The third kappa shape index (κ3) is 34.6. The van der Waals surface area contributed by atoms with Crippen LogP contribution in [0.3, 0.4) is 0 Å². The summed E-state index contributed by atoms with van der Waals surface area (Å²) in [7, 11) is 2.14. The Kier molecular flexibility index (Phi) is 42.8. The van der Waals surface area contributed by atoms with Crippen LogP contribution in [0.4, 0.5) is 0 Å². The molecule has 3 saturated heterocycles. The number of amides is 8. The predicted molar refractivity (Wildman–Crippen MR) is 377 cm³/mol. The zero-order valence-corrected chi connectivity index (χ0v) is 64.2. The van der Waals surface area contributed by atoms with Crippen molar-refractivity contribution in [1.82, 2.24) is 41.1 Å². The van der Waals surface area contributed by atoms with Gasteiger partial charge in [-0.25, -0.2) is 11.2 Å². The van der Waals surface area contributed by atoms with Gasteiger partial charge < -0.3 is 88.5 Å². The van der Waals surface area contributed by atoms with Crippen LogP contribution in [0.15, 0.2) is 0 Å².